The van der Waals surface area contributed by atoms with Gasteiger partial charge in [-0.1, -0.05) is 57.4 Å². The summed E-state index contributed by atoms with van der Waals surface area (Å²) in [7, 11) is 0. The second-order valence-electron chi connectivity index (χ2n) is 4.43. The molecule has 96 valence electrons. The molecular weight excluding hydrogens is 200 g/mol. The highest BCUT2D eigenvalue weighted by molar-refractivity contribution is 4.70. The van der Waals surface area contributed by atoms with Crippen molar-refractivity contribution >= 4 is 0 Å². The van der Waals surface area contributed by atoms with Crippen LogP contribution in [0.1, 0.15) is 70.6 Å². The Morgan fingerprint density at radius 3 is 1.50 bits per heavy atom. The van der Waals surface area contributed by atoms with Gasteiger partial charge in [-0.25, -0.2) is 0 Å². The Labute approximate surface area is 100 Å². The fourth-order valence-electron chi connectivity index (χ4n) is 1.86. The molecule has 0 fully saturated rings. The summed E-state index contributed by atoms with van der Waals surface area (Å²) >= 11 is 0. The van der Waals surface area contributed by atoms with Gasteiger partial charge in [0.1, 0.15) is 0 Å². The molecule has 0 radical (unpaired) electrons. The summed E-state index contributed by atoms with van der Waals surface area (Å²) in [6.07, 6.45) is 16.6. The summed E-state index contributed by atoms with van der Waals surface area (Å²) in [5.41, 5.74) is 0. The molecule has 0 aliphatic rings. The van der Waals surface area contributed by atoms with Crippen LogP contribution in [0, 0.1) is 0 Å². The molecule has 0 aliphatic carbocycles. The lowest BCUT2D eigenvalue weighted by molar-refractivity contribution is 0.282. The molecule has 16 heavy (non-hydrogen) atoms. The Balaban J connectivity index is 2.88. The molecule has 0 aromatic heterocycles. The van der Waals surface area contributed by atoms with Gasteiger partial charge in [-0.05, 0) is 19.3 Å². The van der Waals surface area contributed by atoms with Gasteiger partial charge >= 0.3 is 0 Å². The minimum absolute atomic E-state index is 0.349. The van der Waals surface area contributed by atoms with Crippen LogP contribution in [0.3, 0.4) is 0 Å². The molecule has 0 bridgehead atoms. The summed E-state index contributed by atoms with van der Waals surface area (Å²) in [5, 5.41) is 17.0. The first-order valence-electron chi connectivity index (χ1n) is 6.82. The number of rotatable bonds is 12. The van der Waals surface area contributed by atoms with Crippen molar-refractivity contribution in [3.63, 3.8) is 0 Å². The van der Waals surface area contributed by atoms with Gasteiger partial charge in [0.05, 0.1) is 6.26 Å². The van der Waals surface area contributed by atoms with Crippen molar-refractivity contribution in [2.45, 2.75) is 70.6 Å². The van der Waals surface area contributed by atoms with Gasteiger partial charge in [-0.15, -0.1) is 0 Å². The van der Waals surface area contributed by atoms with Gasteiger partial charge in [0.25, 0.3) is 0 Å². The van der Waals surface area contributed by atoms with Crippen molar-refractivity contribution in [1.82, 2.24) is 0 Å². The summed E-state index contributed by atoms with van der Waals surface area (Å²) in [5.74, 6) is 0. The third-order valence-corrected chi connectivity index (χ3v) is 2.88. The Morgan fingerprint density at radius 1 is 0.625 bits per heavy atom. The quantitative estimate of drug-likeness (QED) is 0.385. The van der Waals surface area contributed by atoms with Crippen molar-refractivity contribution in [2.75, 3.05) is 6.61 Å². The number of hydrogen-bond acceptors (Lipinski definition) is 2. The minimum Gasteiger partial charge on any atom is -0.516 e. The summed E-state index contributed by atoms with van der Waals surface area (Å²) in [6, 6.07) is 0. The first kappa shape index (κ1) is 15.5. The van der Waals surface area contributed by atoms with Crippen LogP contribution in [0.4, 0.5) is 0 Å². The van der Waals surface area contributed by atoms with E-state index in [4.69, 9.17) is 10.2 Å². The van der Waals surface area contributed by atoms with E-state index in [1.807, 2.05) is 6.08 Å². The van der Waals surface area contributed by atoms with Gasteiger partial charge in [0.2, 0.25) is 0 Å². The van der Waals surface area contributed by atoms with E-state index in [2.05, 4.69) is 0 Å². The van der Waals surface area contributed by atoms with Crippen molar-refractivity contribution in [3.05, 3.63) is 12.3 Å². The standard InChI is InChI=1S/C14H28O2/c15-13-11-9-7-5-3-1-2-4-6-8-10-12-14-16/h11,13,15-16H,1-10,12,14H2/b13-11+. The van der Waals surface area contributed by atoms with E-state index in [1.54, 1.807) is 0 Å². The smallest absolute Gasteiger partial charge is 0.0751 e. The van der Waals surface area contributed by atoms with E-state index >= 15 is 0 Å². The summed E-state index contributed by atoms with van der Waals surface area (Å²) in [6.45, 7) is 0.349. The molecule has 0 heterocycles. The highest BCUT2D eigenvalue weighted by atomic mass is 16.3. The molecule has 2 N–H and O–H groups in total. The van der Waals surface area contributed by atoms with Crippen LogP contribution in [0.5, 0.6) is 0 Å². The molecule has 2 nitrogen and oxygen atoms in total. The zero-order valence-corrected chi connectivity index (χ0v) is 10.5. The van der Waals surface area contributed by atoms with Crippen molar-refractivity contribution in [2.24, 2.45) is 0 Å². The van der Waals surface area contributed by atoms with E-state index in [0.717, 1.165) is 19.1 Å². The van der Waals surface area contributed by atoms with Crippen LogP contribution in [0.15, 0.2) is 12.3 Å². The average Bonchev–Trinajstić information content (AvgIpc) is 2.31. The van der Waals surface area contributed by atoms with E-state index in [0.29, 0.717) is 6.61 Å². The lowest BCUT2D eigenvalue weighted by Crippen LogP contribution is -1.84. The predicted octanol–water partition coefficient (Wildman–Crippen LogP) is 4.34. The zero-order chi connectivity index (χ0) is 11.9. The van der Waals surface area contributed by atoms with Crippen molar-refractivity contribution in [3.8, 4) is 0 Å². The fraction of sp³-hybridized carbons (Fsp3) is 0.857. The van der Waals surface area contributed by atoms with Gasteiger partial charge < -0.3 is 10.2 Å². The highest BCUT2D eigenvalue weighted by Gasteiger charge is 1.92. The lowest BCUT2D eigenvalue weighted by atomic mass is 10.1. The molecule has 0 saturated carbocycles. The Morgan fingerprint density at radius 2 is 1.06 bits per heavy atom. The van der Waals surface area contributed by atoms with Gasteiger partial charge in [-0.3, -0.25) is 0 Å². The molecule has 0 rings (SSSR count). The Hall–Kier alpha value is -0.500. The van der Waals surface area contributed by atoms with E-state index in [9.17, 15) is 0 Å². The third-order valence-electron chi connectivity index (χ3n) is 2.88. The maximum Gasteiger partial charge on any atom is 0.0751 e. The highest BCUT2D eigenvalue weighted by Crippen LogP contribution is 2.11. The molecule has 0 amide bonds. The molecule has 0 aromatic carbocycles. The number of aliphatic hydroxyl groups excluding tert-OH is 2. The Bertz CT molecular complexity index is 144. The monoisotopic (exact) mass is 228 g/mol. The molecule has 0 unspecified atom stereocenters. The maximum atomic E-state index is 8.61. The average molecular weight is 228 g/mol. The first-order chi connectivity index (χ1) is 7.91. The van der Waals surface area contributed by atoms with Crippen LogP contribution in [-0.2, 0) is 0 Å². The number of allylic oxidation sites excluding steroid dienone is 1. The summed E-state index contributed by atoms with van der Waals surface area (Å²) in [4.78, 5) is 0. The molecular formula is C14H28O2. The van der Waals surface area contributed by atoms with Crippen LogP contribution in [0.25, 0.3) is 0 Å². The van der Waals surface area contributed by atoms with Gasteiger partial charge in [0.15, 0.2) is 0 Å². The van der Waals surface area contributed by atoms with Crippen molar-refractivity contribution < 1.29 is 10.2 Å². The third kappa shape index (κ3) is 13.5. The van der Waals surface area contributed by atoms with Gasteiger partial charge in [0, 0.05) is 6.61 Å². The predicted molar refractivity (Wildman–Crippen MR) is 69.6 cm³/mol. The second-order valence-corrected chi connectivity index (χ2v) is 4.43. The van der Waals surface area contributed by atoms with Crippen LogP contribution >= 0.6 is 0 Å². The number of unbranched alkanes of at least 4 members (excludes halogenated alkanes) is 10. The molecule has 2 heteroatoms. The Kier molecular flexibility index (Phi) is 14.0. The minimum atomic E-state index is 0.349. The fourth-order valence-corrected chi connectivity index (χ4v) is 1.86. The van der Waals surface area contributed by atoms with Crippen LogP contribution < -0.4 is 0 Å². The van der Waals surface area contributed by atoms with E-state index in [-0.39, 0.29) is 0 Å². The SMILES string of the molecule is O/C=C/CCCCCCCCCCCCO. The number of aliphatic hydroxyl groups is 2. The first-order valence-corrected chi connectivity index (χ1v) is 6.82. The molecule has 0 spiro atoms. The zero-order valence-electron chi connectivity index (χ0n) is 10.5. The lowest BCUT2D eigenvalue weighted by Gasteiger charge is -2.01. The van der Waals surface area contributed by atoms with E-state index in [1.165, 1.54) is 57.8 Å². The molecule has 0 aliphatic heterocycles. The molecule has 0 atom stereocenters. The topological polar surface area (TPSA) is 40.5 Å². The summed E-state index contributed by atoms with van der Waals surface area (Å²) < 4.78 is 0. The maximum absolute atomic E-state index is 8.61. The normalized spacial score (nSPS) is 11.3. The van der Waals surface area contributed by atoms with Crippen LogP contribution in [-0.4, -0.2) is 16.8 Å². The van der Waals surface area contributed by atoms with E-state index < -0.39 is 0 Å². The van der Waals surface area contributed by atoms with Crippen LogP contribution in [0.2, 0.25) is 0 Å². The molecule has 0 aromatic rings. The number of hydrogen-bond donors (Lipinski definition) is 2. The second kappa shape index (κ2) is 14.5. The largest absolute Gasteiger partial charge is 0.516 e. The van der Waals surface area contributed by atoms with Crippen molar-refractivity contribution in [1.29, 1.82) is 0 Å². The van der Waals surface area contributed by atoms with Gasteiger partial charge in [-0.2, -0.15) is 0 Å². The molecule has 0 saturated heterocycles.